The molecule has 1 aromatic rings. The van der Waals surface area contributed by atoms with Crippen LogP contribution in [-0.2, 0) is 16.1 Å². The van der Waals surface area contributed by atoms with Crippen LogP contribution >= 0.6 is 24.0 Å². The lowest BCUT2D eigenvalue weighted by Gasteiger charge is -2.35. The van der Waals surface area contributed by atoms with Gasteiger partial charge >= 0.3 is 5.97 Å². The van der Waals surface area contributed by atoms with Crippen molar-refractivity contribution in [2.75, 3.05) is 66.5 Å². The van der Waals surface area contributed by atoms with Gasteiger partial charge in [-0.1, -0.05) is 37.3 Å². The van der Waals surface area contributed by atoms with Gasteiger partial charge in [0.05, 0.1) is 13.0 Å². The molecule has 0 aromatic heterocycles. The molecule has 7 nitrogen and oxygen atoms in total. The minimum atomic E-state index is -0.121. The van der Waals surface area contributed by atoms with Gasteiger partial charge in [-0.15, -0.1) is 24.0 Å². The predicted molar refractivity (Wildman–Crippen MR) is 131 cm³/mol. The predicted octanol–water partition coefficient (Wildman–Crippen LogP) is 1.74. The van der Waals surface area contributed by atoms with Crippen molar-refractivity contribution in [3.8, 4) is 0 Å². The van der Waals surface area contributed by atoms with Gasteiger partial charge in [0.2, 0.25) is 0 Å². The van der Waals surface area contributed by atoms with Crippen molar-refractivity contribution in [3.63, 3.8) is 0 Å². The maximum atomic E-state index is 11.9. The molecule has 0 amide bonds. The van der Waals surface area contributed by atoms with Crippen molar-refractivity contribution >= 4 is 35.9 Å². The van der Waals surface area contributed by atoms with Crippen LogP contribution in [-0.4, -0.2) is 93.1 Å². The highest BCUT2D eigenvalue weighted by atomic mass is 127. The molecule has 2 aliphatic rings. The Morgan fingerprint density at radius 1 is 1.13 bits per heavy atom. The first-order valence-electron chi connectivity index (χ1n) is 10.6. The van der Waals surface area contributed by atoms with Crippen molar-refractivity contribution in [3.05, 3.63) is 35.9 Å². The van der Waals surface area contributed by atoms with Crippen LogP contribution in [0.3, 0.4) is 0 Å². The summed E-state index contributed by atoms with van der Waals surface area (Å²) in [6.07, 6.45) is 0. The minimum absolute atomic E-state index is 0. The highest BCUT2D eigenvalue weighted by Crippen LogP contribution is 2.24. The molecule has 1 N–H and O–H groups in total. The lowest BCUT2D eigenvalue weighted by Crippen LogP contribution is -2.49. The third-order valence-electron chi connectivity index (χ3n) is 6.05. The number of ether oxygens (including phenoxy) is 1. The van der Waals surface area contributed by atoms with E-state index < -0.39 is 0 Å². The summed E-state index contributed by atoms with van der Waals surface area (Å²) in [6.45, 7) is 10.9. The Morgan fingerprint density at radius 2 is 1.80 bits per heavy atom. The number of carbonyl (C=O) groups excluding carboxylic acids is 1. The van der Waals surface area contributed by atoms with E-state index in [-0.39, 0.29) is 41.8 Å². The van der Waals surface area contributed by atoms with Crippen LogP contribution in [0.15, 0.2) is 35.3 Å². The van der Waals surface area contributed by atoms with Crippen LogP contribution in [0.25, 0.3) is 0 Å². The van der Waals surface area contributed by atoms with Crippen LogP contribution in [0.5, 0.6) is 0 Å². The van der Waals surface area contributed by atoms with E-state index in [4.69, 9.17) is 4.74 Å². The summed E-state index contributed by atoms with van der Waals surface area (Å²) in [5.41, 5.74) is 1.39. The van der Waals surface area contributed by atoms with E-state index in [2.05, 4.69) is 62.3 Å². The second kappa shape index (κ2) is 12.5. The quantitative estimate of drug-likeness (QED) is 0.262. The zero-order valence-electron chi connectivity index (χ0n) is 18.4. The molecule has 2 atom stereocenters. The van der Waals surface area contributed by atoms with E-state index in [0.29, 0.717) is 6.54 Å². The summed E-state index contributed by atoms with van der Waals surface area (Å²) in [7, 11) is 3.27. The number of piperazine rings is 1. The van der Waals surface area contributed by atoms with Gasteiger partial charge in [-0.05, 0) is 11.5 Å². The molecule has 0 spiro atoms. The number of guanidine groups is 1. The molecule has 0 radical (unpaired) electrons. The summed E-state index contributed by atoms with van der Waals surface area (Å²) >= 11 is 0. The molecule has 0 aliphatic carbocycles. The third kappa shape index (κ3) is 6.81. The van der Waals surface area contributed by atoms with Crippen LogP contribution in [0.2, 0.25) is 0 Å². The largest absolute Gasteiger partial charge is 0.469 e. The third-order valence-corrected chi connectivity index (χ3v) is 6.05. The number of likely N-dealkylation sites (tertiary alicyclic amines) is 1. The highest BCUT2D eigenvalue weighted by molar-refractivity contribution is 14.0. The second-order valence-electron chi connectivity index (χ2n) is 8.09. The molecule has 2 unspecified atom stereocenters. The number of nitrogens with zero attached hydrogens (tertiary/aromatic N) is 4. The Morgan fingerprint density at radius 3 is 2.43 bits per heavy atom. The van der Waals surface area contributed by atoms with E-state index in [1.807, 2.05) is 0 Å². The van der Waals surface area contributed by atoms with Gasteiger partial charge in [0, 0.05) is 66.0 Å². The Hall–Kier alpha value is -1.39. The van der Waals surface area contributed by atoms with Gasteiger partial charge in [0.15, 0.2) is 5.96 Å². The fourth-order valence-electron chi connectivity index (χ4n) is 4.27. The Labute approximate surface area is 197 Å². The molecule has 0 saturated carbocycles. The molecule has 168 valence electrons. The molecule has 2 fully saturated rings. The van der Waals surface area contributed by atoms with Gasteiger partial charge in [-0.2, -0.15) is 0 Å². The monoisotopic (exact) mass is 529 g/mol. The lowest BCUT2D eigenvalue weighted by atomic mass is 9.99. The van der Waals surface area contributed by atoms with Gasteiger partial charge in [-0.25, -0.2) is 0 Å². The maximum Gasteiger partial charge on any atom is 0.310 e. The van der Waals surface area contributed by atoms with Gasteiger partial charge in [0.1, 0.15) is 0 Å². The van der Waals surface area contributed by atoms with Gasteiger partial charge in [-0.3, -0.25) is 19.6 Å². The number of hydrogen-bond acceptors (Lipinski definition) is 5. The zero-order valence-corrected chi connectivity index (χ0v) is 20.7. The number of nitrogens with one attached hydrogen (secondary N) is 1. The van der Waals surface area contributed by atoms with Gasteiger partial charge in [0.25, 0.3) is 0 Å². The van der Waals surface area contributed by atoms with Crippen molar-refractivity contribution in [2.45, 2.75) is 13.5 Å². The number of halogens is 1. The summed E-state index contributed by atoms with van der Waals surface area (Å²) in [6, 6.07) is 10.7. The Kier molecular flexibility index (Phi) is 10.3. The number of methoxy groups -OCH3 is 1. The SMILES string of the molecule is CN=C(NCCN1CCN(Cc2ccccc2)CC1)N1CC(C)C(C(=O)OC)C1.I. The average molecular weight is 529 g/mol. The standard InChI is InChI=1S/C22H35N5O2.HI/c1-18-15-27(17-20(18)21(28)29-3)22(23-2)24-9-10-25-11-13-26(14-12-25)16-19-7-5-4-6-8-19;/h4-8,18,20H,9-17H2,1-3H3,(H,23,24);1H. The van der Waals surface area contributed by atoms with E-state index in [1.165, 1.54) is 12.7 Å². The molecule has 2 aliphatic heterocycles. The summed E-state index contributed by atoms with van der Waals surface area (Å²) in [5, 5.41) is 3.48. The minimum Gasteiger partial charge on any atom is -0.469 e. The van der Waals surface area contributed by atoms with E-state index in [1.54, 1.807) is 7.05 Å². The summed E-state index contributed by atoms with van der Waals surface area (Å²) in [4.78, 5) is 23.5. The number of rotatable bonds is 6. The van der Waals surface area contributed by atoms with Crippen LogP contribution < -0.4 is 5.32 Å². The number of hydrogen-bond donors (Lipinski definition) is 1. The number of benzene rings is 1. The maximum absolute atomic E-state index is 11.9. The first-order valence-corrected chi connectivity index (χ1v) is 10.6. The lowest BCUT2D eigenvalue weighted by molar-refractivity contribution is -0.145. The molecule has 3 rings (SSSR count). The topological polar surface area (TPSA) is 60.4 Å². The molecule has 8 heteroatoms. The van der Waals surface area contributed by atoms with Crippen LogP contribution in [0.1, 0.15) is 12.5 Å². The first-order chi connectivity index (χ1) is 14.1. The average Bonchev–Trinajstić information content (AvgIpc) is 3.14. The van der Waals surface area contributed by atoms with Crippen LogP contribution in [0, 0.1) is 11.8 Å². The van der Waals surface area contributed by atoms with Crippen molar-refractivity contribution < 1.29 is 9.53 Å². The molecular formula is C22H36IN5O2. The van der Waals surface area contributed by atoms with E-state index >= 15 is 0 Å². The second-order valence-corrected chi connectivity index (χ2v) is 8.09. The number of aliphatic imine (C=N–C) groups is 1. The molecule has 2 heterocycles. The van der Waals surface area contributed by atoms with Gasteiger partial charge < -0.3 is 15.0 Å². The highest BCUT2D eigenvalue weighted by Gasteiger charge is 2.36. The fraction of sp³-hybridized carbons (Fsp3) is 0.636. The Bertz CT molecular complexity index is 679. The number of carbonyl (C=O) groups is 1. The van der Waals surface area contributed by atoms with E-state index in [0.717, 1.165) is 58.3 Å². The summed E-state index contributed by atoms with van der Waals surface area (Å²) < 4.78 is 4.94. The molecule has 1 aromatic carbocycles. The molecular weight excluding hydrogens is 493 g/mol. The molecule has 2 saturated heterocycles. The van der Waals surface area contributed by atoms with Crippen molar-refractivity contribution in [1.29, 1.82) is 0 Å². The molecule has 0 bridgehead atoms. The van der Waals surface area contributed by atoms with Crippen LogP contribution in [0.4, 0.5) is 0 Å². The first kappa shape index (κ1) is 24.9. The zero-order chi connectivity index (χ0) is 20.6. The fourth-order valence-corrected chi connectivity index (χ4v) is 4.27. The number of esters is 1. The molecule has 30 heavy (non-hydrogen) atoms. The normalized spacial score (nSPS) is 23.2. The van der Waals surface area contributed by atoms with E-state index in [9.17, 15) is 4.79 Å². The van der Waals surface area contributed by atoms with Crippen molar-refractivity contribution in [2.24, 2.45) is 16.8 Å². The van der Waals surface area contributed by atoms with Crippen molar-refractivity contribution in [1.82, 2.24) is 20.0 Å². The Balaban J connectivity index is 0.00000320. The smallest absolute Gasteiger partial charge is 0.310 e. The summed E-state index contributed by atoms with van der Waals surface area (Å²) in [5.74, 6) is 0.963.